The van der Waals surface area contributed by atoms with Gasteiger partial charge in [0.15, 0.2) is 0 Å². The van der Waals surface area contributed by atoms with Crippen LogP contribution in [0.1, 0.15) is 41.8 Å². The number of carbonyl (C=O) groups excluding carboxylic acids is 6. The molecule has 0 aliphatic carbocycles. The Hall–Kier alpha value is -7.42. The van der Waals surface area contributed by atoms with E-state index < -0.39 is 96.6 Å². The van der Waals surface area contributed by atoms with Gasteiger partial charge in [0, 0.05) is 56.0 Å². The number of hydrogen-bond acceptors (Lipinski definition) is 11. The highest BCUT2D eigenvalue weighted by molar-refractivity contribution is 5.97. The second-order valence-electron chi connectivity index (χ2n) is 14.7. The molecule has 0 radical (unpaired) electrons. The molecule has 0 spiro atoms. The molecule has 2 aromatic heterocycles. The number of carbonyl (C=O) groups is 8. The molecule has 21 nitrogen and oxygen atoms in total. The van der Waals surface area contributed by atoms with E-state index in [9.17, 15) is 48.6 Å². The van der Waals surface area contributed by atoms with E-state index in [1.807, 2.05) is 0 Å². The lowest BCUT2D eigenvalue weighted by molar-refractivity contribution is -0.146. The van der Waals surface area contributed by atoms with E-state index in [0.29, 0.717) is 28.9 Å². The Bertz CT molecular complexity index is 2150. The molecule has 328 valence electrons. The Labute approximate surface area is 355 Å². The predicted molar refractivity (Wildman–Crippen MR) is 218 cm³/mol. The number of nitrogens with two attached hydrogens (primary N) is 1. The molecule has 1 aliphatic rings. The number of aliphatic carboxylic acids is 2. The number of carboxylic acid groups (broad SMARTS) is 2. The topological polar surface area (TPSA) is 324 Å². The summed E-state index contributed by atoms with van der Waals surface area (Å²) in [5.74, 6) is -7.53. The van der Waals surface area contributed by atoms with Gasteiger partial charge in [-0.25, -0.2) is 14.8 Å². The van der Waals surface area contributed by atoms with Gasteiger partial charge in [-0.1, -0.05) is 60.7 Å². The first-order valence-corrected chi connectivity index (χ1v) is 19.8. The molecule has 2 aromatic carbocycles. The van der Waals surface area contributed by atoms with Crippen LogP contribution in [0.3, 0.4) is 0 Å². The number of aromatic nitrogens is 4. The van der Waals surface area contributed by atoms with Gasteiger partial charge in [-0.15, -0.1) is 0 Å². The maximum absolute atomic E-state index is 13.9. The van der Waals surface area contributed by atoms with Crippen LogP contribution in [0.5, 0.6) is 0 Å². The molecule has 0 unspecified atom stereocenters. The van der Waals surface area contributed by atoms with Crippen molar-refractivity contribution in [3.05, 3.63) is 108 Å². The molecule has 6 atom stereocenters. The number of hydrogen-bond donors (Lipinski definition) is 10. The number of imidazole rings is 2. The molecule has 0 bridgehead atoms. The molecule has 1 aliphatic heterocycles. The summed E-state index contributed by atoms with van der Waals surface area (Å²) in [6, 6.07) is 9.70. The largest absolute Gasteiger partial charge is 0.481 e. The Morgan fingerprint density at radius 2 is 1.26 bits per heavy atom. The number of aromatic amines is 2. The zero-order chi connectivity index (χ0) is 44.6. The fourth-order valence-corrected chi connectivity index (χ4v) is 6.89. The molecule has 4 aromatic rings. The van der Waals surface area contributed by atoms with Crippen molar-refractivity contribution >= 4 is 47.4 Å². The summed E-state index contributed by atoms with van der Waals surface area (Å²) in [6.07, 6.45) is 5.32. The zero-order valence-corrected chi connectivity index (χ0v) is 33.5. The predicted octanol–water partition coefficient (Wildman–Crippen LogP) is -1.66. The van der Waals surface area contributed by atoms with Crippen molar-refractivity contribution in [1.29, 1.82) is 0 Å². The number of benzene rings is 2. The van der Waals surface area contributed by atoms with Crippen LogP contribution < -0.4 is 32.3 Å². The number of amides is 6. The second kappa shape index (κ2) is 22.3. The van der Waals surface area contributed by atoms with Crippen molar-refractivity contribution in [3.63, 3.8) is 0 Å². The van der Waals surface area contributed by atoms with Crippen molar-refractivity contribution < 1.29 is 48.6 Å². The molecular weight excluding hydrogens is 807 g/mol. The molecule has 11 N–H and O–H groups in total. The van der Waals surface area contributed by atoms with Crippen LogP contribution in [0.4, 0.5) is 0 Å². The van der Waals surface area contributed by atoms with Gasteiger partial charge < -0.3 is 57.4 Å². The van der Waals surface area contributed by atoms with Gasteiger partial charge in [0.05, 0.1) is 31.7 Å². The van der Waals surface area contributed by atoms with Crippen LogP contribution in [0.15, 0.2) is 85.7 Å². The molecule has 3 heterocycles. The lowest BCUT2D eigenvalue weighted by Crippen LogP contribution is -2.58. The average Bonchev–Trinajstić information content (AvgIpc) is 4.07. The summed E-state index contributed by atoms with van der Waals surface area (Å²) >= 11 is 0. The summed E-state index contributed by atoms with van der Waals surface area (Å²) in [4.78, 5) is 120. The maximum Gasteiger partial charge on any atom is 0.326 e. The SMILES string of the molecule is N[C@@H](Cc1cnc[nH]1)C(=O)N[C@@H](Cc1ccccc1)C(=O)NCC(=O)N[C@@H](CC(=O)O)C(=O)N1CCC[C@H]1C(=O)N[C@@H](Cc1ccccc1)C(=O)N[C@@H](Cc1cnc[nH]1)C(=O)O. The van der Waals surface area contributed by atoms with Crippen LogP contribution in [0.25, 0.3) is 0 Å². The van der Waals surface area contributed by atoms with Crippen LogP contribution in [0.2, 0.25) is 0 Å². The first kappa shape index (κ1) is 45.7. The van der Waals surface area contributed by atoms with Crippen LogP contribution in [-0.2, 0) is 64.0 Å². The number of nitrogens with zero attached hydrogens (tertiary/aromatic N) is 3. The lowest BCUT2D eigenvalue weighted by Gasteiger charge is -2.29. The van der Waals surface area contributed by atoms with Gasteiger partial charge in [0.1, 0.15) is 30.2 Å². The highest BCUT2D eigenvalue weighted by atomic mass is 16.4. The minimum atomic E-state index is -1.66. The van der Waals surface area contributed by atoms with E-state index in [1.54, 1.807) is 60.7 Å². The third kappa shape index (κ3) is 13.6. The van der Waals surface area contributed by atoms with Crippen LogP contribution in [-0.4, -0.2) is 132 Å². The van der Waals surface area contributed by atoms with Gasteiger partial charge in [0.25, 0.3) is 0 Å². The smallest absolute Gasteiger partial charge is 0.326 e. The van der Waals surface area contributed by atoms with Crippen molar-refractivity contribution in [3.8, 4) is 0 Å². The van der Waals surface area contributed by atoms with E-state index in [4.69, 9.17) is 5.73 Å². The van der Waals surface area contributed by atoms with E-state index in [2.05, 4.69) is 46.5 Å². The van der Waals surface area contributed by atoms with Crippen LogP contribution >= 0.6 is 0 Å². The quantitative estimate of drug-likeness (QED) is 0.0424. The lowest BCUT2D eigenvalue weighted by atomic mass is 10.0. The molecule has 21 heteroatoms. The Morgan fingerprint density at radius 1 is 0.694 bits per heavy atom. The van der Waals surface area contributed by atoms with Gasteiger partial charge in [0.2, 0.25) is 35.4 Å². The molecule has 1 fully saturated rings. The summed E-state index contributed by atoms with van der Waals surface area (Å²) in [7, 11) is 0. The standard InChI is InChI=1S/C41H49N11O10/c42-28(16-26-19-43-22-46-26)36(56)49-29(14-24-8-3-1-4-9-24)37(57)45-21-34(53)48-31(18-35(54)55)40(60)52-13-7-12-33(52)39(59)50-30(15-25-10-5-2-6-11-25)38(58)51-32(41(61)62)17-27-20-44-23-47-27/h1-6,8-11,19-20,22-23,28-33H,7,12-18,21,42H2,(H,43,46)(H,44,47)(H,45,57)(H,48,53)(H,49,56)(H,50,59)(H,51,58)(H,54,55)(H,61,62)/t28-,29-,30-,31-,32-,33-/m0/s1. The fraction of sp³-hybridized carbons (Fsp3) is 0.366. The number of carboxylic acids is 2. The minimum absolute atomic E-state index is 0.0177. The van der Waals surface area contributed by atoms with E-state index in [0.717, 1.165) is 4.90 Å². The molecular formula is C41H49N11O10. The van der Waals surface area contributed by atoms with E-state index >= 15 is 0 Å². The number of likely N-dealkylation sites (tertiary alicyclic amines) is 1. The Morgan fingerprint density at radius 3 is 1.81 bits per heavy atom. The fourth-order valence-electron chi connectivity index (χ4n) is 6.89. The van der Waals surface area contributed by atoms with Gasteiger partial charge >= 0.3 is 11.9 Å². The summed E-state index contributed by atoms with van der Waals surface area (Å²) in [5.41, 5.74) is 8.47. The highest BCUT2D eigenvalue weighted by Gasteiger charge is 2.40. The average molecular weight is 856 g/mol. The minimum Gasteiger partial charge on any atom is -0.481 e. The first-order valence-electron chi connectivity index (χ1n) is 19.8. The second-order valence-corrected chi connectivity index (χ2v) is 14.7. The summed E-state index contributed by atoms with van der Waals surface area (Å²) in [5, 5.41) is 32.1. The third-order valence-corrected chi connectivity index (χ3v) is 10.0. The van der Waals surface area contributed by atoms with Crippen molar-refractivity contribution in [1.82, 2.24) is 51.4 Å². The summed E-state index contributed by atoms with van der Waals surface area (Å²) in [6.45, 7) is -0.689. The number of rotatable bonds is 22. The van der Waals surface area contributed by atoms with E-state index in [1.165, 1.54) is 25.0 Å². The monoisotopic (exact) mass is 855 g/mol. The molecule has 1 saturated heterocycles. The normalized spacial score (nSPS) is 15.8. The van der Waals surface area contributed by atoms with Gasteiger partial charge in [-0.05, 0) is 24.0 Å². The van der Waals surface area contributed by atoms with Crippen molar-refractivity contribution in [2.75, 3.05) is 13.1 Å². The molecule has 0 saturated carbocycles. The first-order chi connectivity index (χ1) is 29.8. The van der Waals surface area contributed by atoms with Gasteiger partial charge in [-0.2, -0.15) is 0 Å². The van der Waals surface area contributed by atoms with Crippen molar-refractivity contribution in [2.24, 2.45) is 5.73 Å². The van der Waals surface area contributed by atoms with E-state index in [-0.39, 0.29) is 38.6 Å². The van der Waals surface area contributed by atoms with Crippen LogP contribution in [0, 0.1) is 0 Å². The zero-order valence-electron chi connectivity index (χ0n) is 33.5. The Kier molecular flexibility index (Phi) is 16.4. The molecule has 6 amide bonds. The Balaban J connectivity index is 1.23. The highest BCUT2D eigenvalue weighted by Crippen LogP contribution is 2.20. The third-order valence-electron chi connectivity index (χ3n) is 10.0. The summed E-state index contributed by atoms with van der Waals surface area (Å²) < 4.78 is 0. The molecule has 62 heavy (non-hydrogen) atoms. The molecule has 5 rings (SSSR count). The number of nitrogens with one attached hydrogen (secondary N) is 7. The number of H-pyrrole nitrogens is 2. The van der Waals surface area contributed by atoms with Gasteiger partial charge in [-0.3, -0.25) is 33.6 Å². The maximum atomic E-state index is 13.9. The van der Waals surface area contributed by atoms with Crippen molar-refractivity contribution in [2.45, 2.75) is 81.2 Å².